The van der Waals surface area contributed by atoms with E-state index < -0.39 is 5.91 Å². The van der Waals surface area contributed by atoms with Gasteiger partial charge in [-0.1, -0.05) is 0 Å². The van der Waals surface area contributed by atoms with Crippen LogP contribution in [-0.2, 0) is 6.54 Å². The lowest BCUT2D eigenvalue weighted by Crippen LogP contribution is -2.32. The summed E-state index contributed by atoms with van der Waals surface area (Å²) in [6.45, 7) is 4.37. The molecule has 1 aromatic heterocycles. The Labute approximate surface area is 134 Å². The fourth-order valence-corrected chi connectivity index (χ4v) is 2.73. The average molecular weight is 312 g/mol. The number of nitrogens with zero attached hydrogens (tertiary/aromatic N) is 1. The minimum atomic E-state index is -0.414. The van der Waals surface area contributed by atoms with Crippen molar-refractivity contribution in [2.45, 2.75) is 33.2 Å². The van der Waals surface area contributed by atoms with Gasteiger partial charge in [-0.15, -0.1) is 0 Å². The number of phenolic OH excluding ortho intramolecular Hbond substituents is 1. The van der Waals surface area contributed by atoms with E-state index >= 15 is 0 Å². The molecule has 23 heavy (non-hydrogen) atoms. The standard InChI is InChI=1S/C18H20N2O3/c1-11-9-12(2)20(10-13-3-4-13)18(23)16(11)17(22)19-14-5-7-15(21)8-6-14/h5-9,13,21H,3-4,10H2,1-2H3,(H,19,22). The molecule has 5 heteroatoms. The fourth-order valence-electron chi connectivity index (χ4n) is 2.73. The van der Waals surface area contributed by atoms with Crippen LogP contribution < -0.4 is 10.9 Å². The topological polar surface area (TPSA) is 71.3 Å². The van der Waals surface area contributed by atoms with Crippen LogP contribution in [0.1, 0.15) is 34.5 Å². The number of benzene rings is 1. The summed E-state index contributed by atoms with van der Waals surface area (Å²) in [5, 5.41) is 12.0. The number of nitrogens with one attached hydrogen (secondary N) is 1. The highest BCUT2D eigenvalue weighted by atomic mass is 16.3. The molecule has 1 aromatic carbocycles. The van der Waals surface area contributed by atoms with Gasteiger partial charge in [-0.2, -0.15) is 0 Å². The Bertz CT molecular complexity index is 802. The highest BCUT2D eigenvalue weighted by Gasteiger charge is 2.25. The molecule has 1 amide bonds. The first-order chi connectivity index (χ1) is 11.0. The van der Waals surface area contributed by atoms with E-state index in [-0.39, 0.29) is 16.9 Å². The zero-order valence-electron chi connectivity index (χ0n) is 13.3. The van der Waals surface area contributed by atoms with Crippen LogP contribution in [0.15, 0.2) is 35.1 Å². The lowest BCUT2D eigenvalue weighted by Gasteiger charge is -2.14. The fraction of sp³-hybridized carbons (Fsp3) is 0.333. The first-order valence-electron chi connectivity index (χ1n) is 7.77. The molecule has 0 bridgehead atoms. The van der Waals surface area contributed by atoms with Crippen molar-refractivity contribution >= 4 is 11.6 Å². The van der Waals surface area contributed by atoms with Crippen LogP contribution in [0.25, 0.3) is 0 Å². The van der Waals surface area contributed by atoms with Gasteiger partial charge in [-0.05, 0) is 68.5 Å². The van der Waals surface area contributed by atoms with Gasteiger partial charge in [0.25, 0.3) is 11.5 Å². The second-order valence-electron chi connectivity index (χ2n) is 6.20. The van der Waals surface area contributed by atoms with Gasteiger partial charge in [-0.3, -0.25) is 9.59 Å². The summed E-state index contributed by atoms with van der Waals surface area (Å²) in [6.07, 6.45) is 2.30. The number of carbonyl (C=O) groups excluding carboxylic acids is 1. The third-order valence-corrected chi connectivity index (χ3v) is 4.19. The van der Waals surface area contributed by atoms with Crippen LogP contribution in [0.4, 0.5) is 5.69 Å². The Morgan fingerprint density at radius 1 is 1.26 bits per heavy atom. The normalized spacial score (nSPS) is 13.8. The second-order valence-corrected chi connectivity index (χ2v) is 6.20. The number of aromatic hydroxyl groups is 1. The summed E-state index contributed by atoms with van der Waals surface area (Å²) in [5.41, 5.74) is 2.06. The Kier molecular flexibility index (Phi) is 3.94. The van der Waals surface area contributed by atoms with E-state index in [2.05, 4.69) is 5.32 Å². The SMILES string of the molecule is Cc1cc(C)n(CC2CC2)c(=O)c1C(=O)Nc1ccc(O)cc1. The molecular weight excluding hydrogens is 292 g/mol. The first-order valence-corrected chi connectivity index (χ1v) is 7.77. The van der Waals surface area contributed by atoms with Crippen molar-refractivity contribution in [1.82, 2.24) is 4.57 Å². The van der Waals surface area contributed by atoms with E-state index in [1.54, 1.807) is 23.6 Å². The number of carbonyl (C=O) groups is 1. The predicted molar refractivity (Wildman–Crippen MR) is 89.0 cm³/mol. The summed E-state index contributed by atoms with van der Waals surface area (Å²) < 4.78 is 1.70. The minimum Gasteiger partial charge on any atom is -0.508 e. The average Bonchev–Trinajstić information content (AvgIpc) is 3.30. The Balaban J connectivity index is 1.92. The number of phenols is 1. The number of pyridine rings is 1. The van der Waals surface area contributed by atoms with Gasteiger partial charge in [0.1, 0.15) is 11.3 Å². The van der Waals surface area contributed by atoms with Crippen molar-refractivity contribution in [3.05, 3.63) is 57.5 Å². The number of hydrogen-bond acceptors (Lipinski definition) is 3. The Hall–Kier alpha value is -2.56. The maximum atomic E-state index is 12.7. The third-order valence-electron chi connectivity index (χ3n) is 4.19. The molecule has 1 aliphatic carbocycles. The number of hydrogen-bond donors (Lipinski definition) is 2. The molecule has 1 fully saturated rings. The van der Waals surface area contributed by atoms with Crippen LogP contribution in [0, 0.1) is 19.8 Å². The minimum absolute atomic E-state index is 0.126. The van der Waals surface area contributed by atoms with E-state index in [1.807, 2.05) is 13.0 Å². The maximum Gasteiger partial charge on any atom is 0.263 e. The van der Waals surface area contributed by atoms with Crippen LogP contribution in [0.2, 0.25) is 0 Å². The first kappa shape index (κ1) is 15.3. The quantitative estimate of drug-likeness (QED) is 0.853. The lowest BCUT2D eigenvalue weighted by atomic mass is 10.1. The van der Waals surface area contributed by atoms with Crippen molar-refractivity contribution in [2.24, 2.45) is 5.92 Å². The molecule has 3 rings (SSSR count). The molecule has 0 atom stereocenters. The van der Waals surface area contributed by atoms with Crippen molar-refractivity contribution in [2.75, 3.05) is 5.32 Å². The molecule has 2 N–H and O–H groups in total. The molecule has 5 nitrogen and oxygen atoms in total. The molecule has 2 aromatic rings. The molecule has 0 saturated heterocycles. The van der Waals surface area contributed by atoms with E-state index in [0.717, 1.165) is 18.5 Å². The summed E-state index contributed by atoms with van der Waals surface area (Å²) in [5.74, 6) is 0.270. The highest BCUT2D eigenvalue weighted by molar-refractivity contribution is 6.05. The third kappa shape index (κ3) is 3.28. The molecule has 1 heterocycles. The van der Waals surface area contributed by atoms with Gasteiger partial charge < -0.3 is 15.0 Å². The molecule has 1 aliphatic rings. The molecule has 0 aliphatic heterocycles. The van der Waals surface area contributed by atoms with Gasteiger partial charge in [0.15, 0.2) is 0 Å². The summed E-state index contributed by atoms with van der Waals surface area (Å²) in [6, 6.07) is 8.06. The van der Waals surface area contributed by atoms with E-state index in [1.165, 1.54) is 12.1 Å². The molecular formula is C18H20N2O3. The molecule has 1 saturated carbocycles. The summed E-state index contributed by atoms with van der Waals surface area (Å²) in [4.78, 5) is 25.2. The maximum absolute atomic E-state index is 12.7. The van der Waals surface area contributed by atoms with Crippen LogP contribution >= 0.6 is 0 Å². The van der Waals surface area contributed by atoms with Crippen molar-refractivity contribution in [3.8, 4) is 5.75 Å². The highest BCUT2D eigenvalue weighted by Crippen LogP contribution is 2.30. The number of aryl methyl sites for hydroxylation is 2. The zero-order valence-corrected chi connectivity index (χ0v) is 13.3. The van der Waals surface area contributed by atoms with Crippen LogP contribution in [0.5, 0.6) is 5.75 Å². The van der Waals surface area contributed by atoms with E-state index in [9.17, 15) is 14.7 Å². The lowest BCUT2D eigenvalue weighted by molar-refractivity contribution is 0.102. The van der Waals surface area contributed by atoms with Gasteiger partial charge in [0.2, 0.25) is 0 Å². The zero-order chi connectivity index (χ0) is 16.6. The molecule has 0 spiro atoms. The largest absolute Gasteiger partial charge is 0.508 e. The summed E-state index contributed by atoms with van der Waals surface area (Å²) >= 11 is 0. The Morgan fingerprint density at radius 3 is 2.52 bits per heavy atom. The number of anilines is 1. The van der Waals surface area contributed by atoms with Crippen molar-refractivity contribution < 1.29 is 9.90 Å². The number of aromatic nitrogens is 1. The van der Waals surface area contributed by atoms with E-state index in [0.29, 0.717) is 23.7 Å². The monoisotopic (exact) mass is 312 g/mol. The van der Waals surface area contributed by atoms with Gasteiger partial charge in [-0.25, -0.2) is 0 Å². The smallest absolute Gasteiger partial charge is 0.263 e. The number of rotatable bonds is 4. The molecule has 120 valence electrons. The number of amides is 1. The molecule has 0 radical (unpaired) electrons. The van der Waals surface area contributed by atoms with E-state index in [4.69, 9.17) is 0 Å². The second kappa shape index (κ2) is 5.91. The Morgan fingerprint density at radius 2 is 1.91 bits per heavy atom. The van der Waals surface area contributed by atoms with Gasteiger partial charge >= 0.3 is 0 Å². The predicted octanol–water partition coefficient (Wildman–Crippen LogP) is 2.83. The van der Waals surface area contributed by atoms with Crippen molar-refractivity contribution in [3.63, 3.8) is 0 Å². The van der Waals surface area contributed by atoms with Crippen LogP contribution in [-0.4, -0.2) is 15.6 Å². The summed E-state index contributed by atoms with van der Waals surface area (Å²) in [7, 11) is 0. The van der Waals surface area contributed by atoms with Crippen molar-refractivity contribution in [1.29, 1.82) is 0 Å². The van der Waals surface area contributed by atoms with Gasteiger partial charge in [0, 0.05) is 17.9 Å². The molecule has 0 unspecified atom stereocenters. The van der Waals surface area contributed by atoms with Gasteiger partial charge in [0.05, 0.1) is 0 Å². The van der Waals surface area contributed by atoms with Crippen LogP contribution in [0.3, 0.4) is 0 Å².